The van der Waals surface area contributed by atoms with Crippen LogP contribution in [0, 0.1) is 10.8 Å². The molecule has 0 saturated heterocycles. The Labute approximate surface area is 107 Å². The van der Waals surface area contributed by atoms with Crippen LogP contribution in [0.5, 0.6) is 5.75 Å². The summed E-state index contributed by atoms with van der Waals surface area (Å²) in [4.78, 5) is 15.1. The molecule has 4 heteroatoms. The average Bonchev–Trinajstić information content (AvgIpc) is 2.36. The maximum atomic E-state index is 10.8. The standard InChI is InChI=1S/C14H18N2O2/c1-8(2)10-5-6-11-12(7-10)18-13(9(3)4)14(15-11)16-17/h5-9,13H,1-4H3. The van der Waals surface area contributed by atoms with E-state index in [1.165, 1.54) is 5.56 Å². The van der Waals surface area contributed by atoms with Crippen molar-refractivity contribution < 1.29 is 4.74 Å². The molecule has 0 bridgehead atoms. The maximum Gasteiger partial charge on any atom is 0.214 e. The number of nitroso groups, excluding NO2 is 1. The van der Waals surface area contributed by atoms with Crippen molar-refractivity contribution in [1.82, 2.24) is 0 Å². The van der Waals surface area contributed by atoms with Gasteiger partial charge in [0.15, 0.2) is 6.10 Å². The van der Waals surface area contributed by atoms with E-state index in [9.17, 15) is 4.91 Å². The minimum atomic E-state index is -0.350. The molecule has 4 nitrogen and oxygen atoms in total. The lowest BCUT2D eigenvalue weighted by Crippen LogP contribution is -2.33. The molecule has 2 rings (SSSR count). The van der Waals surface area contributed by atoms with Gasteiger partial charge < -0.3 is 4.74 Å². The number of rotatable bonds is 2. The van der Waals surface area contributed by atoms with Gasteiger partial charge in [0.05, 0.1) is 0 Å². The van der Waals surface area contributed by atoms with Gasteiger partial charge in [-0.25, -0.2) is 4.99 Å². The predicted molar refractivity (Wildman–Crippen MR) is 72.7 cm³/mol. The molecule has 0 fully saturated rings. The predicted octanol–water partition coefficient (Wildman–Crippen LogP) is 4.02. The molecule has 0 amide bonds. The lowest BCUT2D eigenvalue weighted by molar-refractivity contribution is 0.210. The van der Waals surface area contributed by atoms with Crippen LogP contribution in [0.2, 0.25) is 0 Å². The number of hydrogen-bond donors (Lipinski definition) is 0. The highest BCUT2D eigenvalue weighted by Crippen LogP contribution is 2.36. The third kappa shape index (κ3) is 2.28. The van der Waals surface area contributed by atoms with E-state index in [0.717, 1.165) is 5.75 Å². The summed E-state index contributed by atoms with van der Waals surface area (Å²) in [7, 11) is 0. The van der Waals surface area contributed by atoms with Gasteiger partial charge in [0.1, 0.15) is 11.4 Å². The van der Waals surface area contributed by atoms with Crippen molar-refractivity contribution in [3.05, 3.63) is 28.7 Å². The van der Waals surface area contributed by atoms with Crippen molar-refractivity contribution in [3.63, 3.8) is 0 Å². The normalized spacial score (nSPS) is 18.3. The van der Waals surface area contributed by atoms with Crippen LogP contribution in [0.1, 0.15) is 39.2 Å². The van der Waals surface area contributed by atoms with E-state index >= 15 is 0 Å². The number of aliphatic imine (C=N–C) groups is 1. The summed E-state index contributed by atoms with van der Waals surface area (Å²) in [6.45, 7) is 8.24. The molecule has 0 saturated carbocycles. The van der Waals surface area contributed by atoms with Crippen LogP contribution in [0.3, 0.4) is 0 Å². The van der Waals surface area contributed by atoms with Crippen molar-refractivity contribution >= 4 is 11.5 Å². The van der Waals surface area contributed by atoms with E-state index in [0.29, 0.717) is 11.6 Å². The molecule has 18 heavy (non-hydrogen) atoms. The Balaban J connectivity index is 2.43. The van der Waals surface area contributed by atoms with Gasteiger partial charge in [-0.15, -0.1) is 4.91 Å². The molecular weight excluding hydrogens is 228 g/mol. The first-order valence-electron chi connectivity index (χ1n) is 6.25. The third-order valence-electron chi connectivity index (χ3n) is 3.09. The Hall–Kier alpha value is -1.71. The number of amidine groups is 1. The highest BCUT2D eigenvalue weighted by Gasteiger charge is 2.28. The number of ether oxygens (including phenoxy) is 1. The maximum absolute atomic E-state index is 10.8. The summed E-state index contributed by atoms with van der Waals surface area (Å²) < 4.78 is 5.86. The van der Waals surface area contributed by atoms with Crippen molar-refractivity contribution in [2.24, 2.45) is 16.1 Å². The molecule has 0 N–H and O–H groups in total. The summed E-state index contributed by atoms with van der Waals surface area (Å²) in [5.74, 6) is 1.57. The SMILES string of the molecule is CC(C)c1ccc2c(c1)OC(C(C)C)C(N=O)=N2. The first-order chi connectivity index (χ1) is 8.52. The third-order valence-corrected chi connectivity index (χ3v) is 3.09. The van der Waals surface area contributed by atoms with Crippen molar-refractivity contribution in [1.29, 1.82) is 0 Å². The van der Waals surface area contributed by atoms with Crippen molar-refractivity contribution in [2.45, 2.75) is 39.7 Å². The Bertz CT molecular complexity index is 493. The van der Waals surface area contributed by atoms with Crippen LogP contribution in [-0.4, -0.2) is 11.9 Å². The van der Waals surface area contributed by atoms with Crippen LogP contribution >= 0.6 is 0 Å². The first-order valence-corrected chi connectivity index (χ1v) is 6.25. The smallest absolute Gasteiger partial charge is 0.214 e. The molecule has 1 atom stereocenters. The molecule has 0 aromatic heterocycles. The number of nitrogens with zero attached hydrogens (tertiary/aromatic N) is 2. The largest absolute Gasteiger partial charge is 0.480 e. The van der Waals surface area contributed by atoms with Gasteiger partial charge >= 0.3 is 0 Å². The van der Waals surface area contributed by atoms with E-state index in [1.54, 1.807) is 0 Å². The fourth-order valence-electron chi connectivity index (χ4n) is 1.96. The molecule has 1 aliphatic rings. The lowest BCUT2D eigenvalue weighted by Gasteiger charge is -2.26. The monoisotopic (exact) mass is 246 g/mol. The van der Waals surface area contributed by atoms with Gasteiger partial charge in [0, 0.05) is 0 Å². The minimum Gasteiger partial charge on any atom is -0.480 e. The number of hydrogen-bond acceptors (Lipinski definition) is 4. The van der Waals surface area contributed by atoms with Crippen molar-refractivity contribution in [2.75, 3.05) is 0 Å². The molecule has 1 aromatic rings. The Morgan fingerprint density at radius 1 is 1.28 bits per heavy atom. The van der Waals surface area contributed by atoms with E-state index in [-0.39, 0.29) is 17.9 Å². The summed E-state index contributed by atoms with van der Waals surface area (Å²) in [6, 6.07) is 5.89. The average molecular weight is 246 g/mol. The van der Waals surface area contributed by atoms with Gasteiger partial charge in [0.25, 0.3) is 0 Å². The summed E-state index contributed by atoms with van der Waals surface area (Å²) in [5, 5.41) is 2.98. The minimum absolute atomic E-state index is 0.164. The summed E-state index contributed by atoms with van der Waals surface area (Å²) in [5.41, 5.74) is 1.89. The van der Waals surface area contributed by atoms with Crippen LogP contribution in [0.4, 0.5) is 5.69 Å². The van der Waals surface area contributed by atoms with E-state index < -0.39 is 0 Å². The van der Waals surface area contributed by atoms with Gasteiger partial charge in [-0.05, 0) is 34.7 Å². The number of benzene rings is 1. The highest BCUT2D eigenvalue weighted by atomic mass is 16.5. The van der Waals surface area contributed by atoms with Gasteiger partial charge in [-0.2, -0.15) is 0 Å². The quantitative estimate of drug-likeness (QED) is 0.740. The van der Waals surface area contributed by atoms with Gasteiger partial charge in [0.2, 0.25) is 5.84 Å². The zero-order valence-corrected chi connectivity index (χ0v) is 11.2. The molecule has 0 radical (unpaired) electrons. The number of fused-ring (bicyclic) bond motifs is 1. The molecule has 96 valence electrons. The second-order valence-corrected chi connectivity index (χ2v) is 5.23. The molecule has 1 unspecified atom stereocenters. The first kappa shape index (κ1) is 12.7. The highest BCUT2D eigenvalue weighted by molar-refractivity contribution is 5.92. The summed E-state index contributed by atoms with van der Waals surface area (Å²) >= 11 is 0. The lowest BCUT2D eigenvalue weighted by atomic mass is 10.0. The molecule has 1 heterocycles. The second-order valence-electron chi connectivity index (χ2n) is 5.23. The fourth-order valence-corrected chi connectivity index (χ4v) is 1.96. The van der Waals surface area contributed by atoms with Gasteiger partial charge in [-0.3, -0.25) is 0 Å². The Kier molecular flexibility index (Phi) is 3.45. The Morgan fingerprint density at radius 2 is 2.00 bits per heavy atom. The molecule has 1 aromatic carbocycles. The zero-order valence-electron chi connectivity index (χ0n) is 11.2. The molecule has 0 aliphatic carbocycles. The van der Waals surface area contributed by atoms with Gasteiger partial charge in [-0.1, -0.05) is 33.8 Å². The fraction of sp³-hybridized carbons (Fsp3) is 0.500. The van der Waals surface area contributed by atoms with Crippen LogP contribution in [-0.2, 0) is 0 Å². The Morgan fingerprint density at radius 3 is 2.56 bits per heavy atom. The summed E-state index contributed by atoms with van der Waals surface area (Å²) in [6.07, 6.45) is -0.350. The molecular formula is C14H18N2O2. The second kappa shape index (κ2) is 4.88. The molecule has 0 spiro atoms. The topological polar surface area (TPSA) is 51.0 Å². The van der Waals surface area contributed by atoms with E-state index in [2.05, 4.69) is 24.0 Å². The van der Waals surface area contributed by atoms with Crippen LogP contribution in [0.25, 0.3) is 0 Å². The van der Waals surface area contributed by atoms with E-state index in [4.69, 9.17) is 4.74 Å². The van der Waals surface area contributed by atoms with E-state index in [1.807, 2.05) is 32.0 Å². The molecule has 1 aliphatic heterocycles. The zero-order chi connectivity index (χ0) is 13.3. The van der Waals surface area contributed by atoms with Crippen molar-refractivity contribution in [3.8, 4) is 5.75 Å². The van der Waals surface area contributed by atoms with Crippen LogP contribution in [0.15, 0.2) is 28.4 Å². The van der Waals surface area contributed by atoms with Crippen LogP contribution < -0.4 is 4.74 Å².